The van der Waals surface area contributed by atoms with E-state index >= 15 is 0 Å². The smallest absolute Gasteiger partial charge is 0.258 e. The lowest BCUT2D eigenvalue weighted by atomic mass is 9.98. The molecule has 4 aromatic rings. The molecule has 6 rings (SSSR count). The molecule has 2 amide bonds. The van der Waals surface area contributed by atoms with Gasteiger partial charge in [0.25, 0.3) is 11.8 Å². The van der Waals surface area contributed by atoms with Crippen molar-refractivity contribution in [2.75, 3.05) is 23.7 Å². The molecule has 3 heterocycles. The number of hydrogen-bond donors (Lipinski definition) is 3. The van der Waals surface area contributed by atoms with Crippen molar-refractivity contribution in [1.29, 1.82) is 0 Å². The minimum atomic E-state index is -0.226. The van der Waals surface area contributed by atoms with E-state index in [1.54, 1.807) is 30.6 Å². The summed E-state index contributed by atoms with van der Waals surface area (Å²) >= 11 is 0. The highest BCUT2D eigenvalue weighted by atomic mass is 16.2. The molecule has 212 valence electrons. The van der Waals surface area contributed by atoms with Crippen LogP contribution in [0.3, 0.4) is 0 Å². The van der Waals surface area contributed by atoms with E-state index in [1.807, 2.05) is 61.5 Å². The Bertz CT molecular complexity index is 1610. The standard InChI is InChI=1S/C35H35N5O2/c1-24(26-11-4-2-5-12-26)37-34(41)27-15-16-31-30(21-27)32(35(42)39-31)33(28-13-9-17-36-22-28)38-29-14-8-10-25(20-29)23-40-18-6-3-7-19-40/h2,4-5,8-17,20-22,24,38H,3,6-7,18-19,23H2,1H3,(H,37,41)(H,39,42)/t24-/m1/s1. The summed E-state index contributed by atoms with van der Waals surface area (Å²) in [5.74, 6) is -0.426. The fourth-order valence-corrected chi connectivity index (χ4v) is 5.72. The molecule has 0 spiro atoms. The number of carbonyl (C=O) groups is 2. The zero-order valence-corrected chi connectivity index (χ0v) is 23.8. The van der Waals surface area contributed by atoms with Gasteiger partial charge in [-0.3, -0.25) is 19.5 Å². The lowest BCUT2D eigenvalue weighted by Gasteiger charge is -2.26. The van der Waals surface area contributed by atoms with Crippen LogP contribution in [-0.2, 0) is 11.3 Å². The zero-order valence-electron chi connectivity index (χ0n) is 23.8. The molecule has 3 aromatic carbocycles. The number of nitrogens with one attached hydrogen (secondary N) is 3. The van der Waals surface area contributed by atoms with Crippen LogP contribution in [0.15, 0.2) is 97.3 Å². The van der Waals surface area contributed by atoms with Crippen LogP contribution in [0.25, 0.3) is 11.3 Å². The Hall–Kier alpha value is -4.75. The molecule has 7 heteroatoms. The molecule has 3 N–H and O–H groups in total. The van der Waals surface area contributed by atoms with Crippen LogP contribution in [0.5, 0.6) is 0 Å². The predicted molar refractivity (Wildman–Crippen MR) is 168 cm³/mol. The molecule has 1 atom stereocenters. The summed E-state index contributed by atoms with van der Waals surface area (Å²) in [6.07, 6.45) is 7.25. The largest absolute Gasteiger partial charge is 0.354 e. The maximum Gasteiger partial charge on any atom is 0.258 e. The normalized spacial score (nSPS) is 16.7. The topological polar surface area (TPSA) is 86.4 Å². The SMILES string of the molecule is C[C@@H](NC(=O)c1ccc2c(c1)C(=C(Nc1cccc(CN3CCCCC3)c1)c1cccnc1)C(=O)N2)c1ccccc1. The first-order chi connectivity index (χ1) is 20.5. The summed E-state index contributed by atoms with van der Waals surface area (Å²) in [6, 6.07) is 27.2. The van der Waals surface area contributed by atoms with Gasteiger partial charge in [0, 0.05) is 47.0 Å². The van der Waals surface area contributed by atoms with Gasteiger partial charge in [0.2, 0.25) is 0 Å². The predicted octanol–water partition coefficient (Wildman–Crippen LogP) is 6.49. The fourth-order valence-electron chi connectivity index (χ4n) is 5.72. The number of likely N-dealkylation sites (tertiary alicyclic amines) is 1. The van der Waals surface area contributed by atoms with Gasteiger partial charge >= 0.3 is 0 Å². The van der Waals surface area contributed by atoms with E-state index in [2.05, 4.69) is 38.0 Å². The Kier molecular flexibility index (Phi) is 8.10. The number of hydrogen-bond acceptors (Lipinski definition) is 5. The molecule has 2 aliphatic heterocycles. The second-order valence-corrected chi connectivity index (χ2v) is 11.0. The van der Waals surface area contributed by atoms with Crippen LogP contribution in [0.2, 0.25) is 0 Å². The van der Waals surface area contributed by atoms with E-state index in [0.29, 0.717) is 28.1 Å². The Morgan fingerprint density at radius 2 is 1.76 bits per heavy atom. The number of benzene rings is 3. The Morgan fingerprint density at radius 1 is 0.929 bits per heavy atom. The van der Waals surface area contributed by atoms with Gasteiger partial charge in [-0.15, -0.1) is 0 Å². The van der Waals surface area contributed by atoms with Crippen molar-refractivity contribution in [2.45, 2.75) is 38.8 Å². The molecule has 1 aromatic heterocycles. The van der Waals surface area contributed by atoms with Crippen molar-refractivity contribution in [1.82, 2.24) is 15.2 Å². The van der Waals surface area contributed by atoms with Gasteiger partial charge in [-0.2, -0.15) is 0 Å². The number of nitrogens with zero attached hydrogens (tertiary/aromatic N) is 2. The highest BCUT2D eigenvalue weighted by Gasteiger charge is 2.30. The third-order valence-corrected chi connectivity index (χ3v) is 7.92. The molecular weight excluding hydrogens is 522 g/mol. The second kappa shape index (κ2) is 12.4. The number of rotatable bonds is 8. The molecule has 0 bridgehead atoms. The van der Waals surface area contributed by atoms with Crippen LogP contribution in [0.1, 0.15) is 64.8 Å². The highest BCUT2D eigenvalue weighted by Crippen LogP contribution is 2.38. The third kappa shape index (κ3) is 6.11. The van der Waals surface area contributed by atoms with Crippen LogP contribution in [0, 0.1) is 0 Å². The summed E-state index contributed by atoms with van der Waals surface area (Å²) in [7, 11) is 0. The molecule has 0 saturated carbocycles. The minimum absolute atomic E-state index is 0.161. The lowest BCUT2D eigenvalue weighted by Crippen LogP contribution is -2.29. The molecule has 0 unspecified atom stereocenters. The van der Waals surface area contributed by atoms with Gasteiger partial charge in [0.05, 0.1) is 17.3 Å². The Balaban J connectivity index is 1.33. The van der Waals surface area contributed by atoms with Crippen molar-refractivity contribution in [2.24, 2.45) is 0 Å². The average Bonchev–Trinajstić information content (AvgIpc) is 3.36. The average molecular weight is 558 g/mol. The number of anilines is 2. The van der Waals surface area contributed by atoms with E-state index in [9.17, 15) is 9.59 Å². The molecule has 42 heavy (non-hydrogen) atoms. The third-order valence-electron chi connectivity index (χ3n) is 7.92. The van der Waals surface area contributed by atoms with Crippen LogP contribution < -0.4 is 16.0 Å². The molecule has 0 radical (unpaired) electrons. The number of carbonyl (C=O) groups excluding carboxylic acids is 2. The summed E-state index contributed by atoms with van der Waals surface area (Å²) in [6.45, 7) is 5.11. The maximum atomic E-state index is 13.5. The summed E-state index contributed by atoms with van der Waals surface area (Å²) < 4.78 is 0. The number of piperidine rings is 1. The monoisotopic (exact) mass is 557 g/mol. The van der Waals surface area contributed by atoms with Gasteiger partial charge in [0.1, 0.15) is 0 Å². The number of pyridine rings is 1. The van der Waals surface area contributed by atoms with Gasteiger partial charge in [-0.25, -0.2) is 0 Å². The van der Waals surface area contributed by atoms with Crippen LogP contribution >= 0.6 is 0 Å². The Labute approximate surface area is 246 Å². The zero-order chi connectivity index (χ0) is 28.9. The maximum absolute atomic E-state index is 13.5. The van der Waals surface area contributed by atoms with E-state index in [4.69, 9.17) is 0 Å². The first-order valence-corrected chi connectivity index (χ1v) is 14.6. The molecular formula is C35H35N5O2. The number of aromatic nitrogens is 1. The number of fused-ring (bicyclic) bond motifs is 1. The van der Waals surface area contributed by atoms with Gasteiger partial charge in [-0.1, -0.05) is 48.9 Å². The first-order valence-electron chi connectivity index (χ1n) is 14.6. The highest BCUT2D eigenvalue weighted by molar-refractivity contribution is 6.37. The van der Waals surface area contributed by atoms with E-state index < -0.39 is 0 Å². The van der Waals surface area contributed by atoms with Crippen molar-refractivity contribution in [3.8, 4) is 0 Å². The number of amides is 2. The second-order valence-electron chi connectivity index (χ2n) is 11.0. The quantitative estimate of drug-likeness (QED) is 0.216. The lowest BCUT2D eigenvalue weighted by molar-refractivity contribution is -0.110. The summed E-state index contributed by atoms with van der Waals surface area (Å²) in [5, 5.41) is 9.61. The van der Waals surface area contributed by atoms with Crippen LogP contribution in [-0.4, -0.2) is 34.8 Å². The molecule has 1 saturated heterocycles. The molecule has 7 nitrogen and oxygen atoms in total. The summed E-state index contributed by atoms with van der Waals surface area (Å²) in [5.41, 5.74) is 6.87. The first kappa shape index (κ1) is 27.4. The summed E-state index contributed by atoms with van der Waals surface area (Å²) in [4.78, 5) is 33.6. The minimum Gasteiger partial charge on any atom is -0.354 e. The molecule has 2 aliphatic rings. The fraction of sp³-hybridized carbons (Fsp3) is 0.229. The van der Waals surface area contributed by atoms with Crippen LogP contribution in [0.4, 0.5) is 11.4 Å². The van der Waals surface area contributed by atoms with Gasteiger partial charge < -0.3 is 16.0 Å². The molecule has 0 aliphatic carbocycles. The van der Waals surface area contributed by atoms with Crippen molar-refractivity contribution < 1.29 is 9.59 Å². The molecule has 1 fully saturated rings. The van der Waals surface area contributed by atoms with Crippen molar-refractivity contribution >= 4 is 34.5 Å². The van der Waals surface area contributed by atoms with Crippen molar-refractivity contribution in [3.05, 3.63) is 125 Å². The van der Waals surface area contributed by atoms with E-state index in [0.717, 1.165) is 36.4 Å². The van der Waals surface area contributed by atoms with Gasteiger partial charge in [-0.05, 0) is 86.4 Å². The van der Waals surface area contributed by atoms with E-state index in [-0.39, 0.29) is 17.9 Å². The van der Waals surface area contributed by atoms with Crippen molar-refractivity contribution in [3.63, 3.8) is 0 Å². The Morgan fingerprint density at radius 3 is 2.55 bits per heavy atom. The van der Waals surface area contributed by atoms with E-state index in [1.165, 1.54) is 24.8 Å². The van der Waals surface area contributed by atoms with Gasteiger partial charge in [0.15, 0.2) is 0 Å².